The number of fused-ring (bicyclic) bond motifs is 8. The molecule has 1 saturated carbocycles. The summed E-state index contributed by atoms with van der Waals surface area (Å²) in [4.78, 5) is 15.4. The summed E-state index contributed by atoms with van der Waals surface area (Å²) in [6.45, 7) is 0. The highest BCUT2D eigenvalue weighted by molar-refractivity contribution is 6.12. The zero-order valence-corrected chi connectivity index (χ0v) is 30.5. The molecule has 0 N–H and O–H groups in total. The molecule has 0 radical (unpaired) electrons. The highest BCUT2D eigenvalue weighted by atomic mass is 15.0. The Bertz CT molecular complexity index is 2870. The van der Waals surface area contributed by atoms with Crippen LogP contribution in [0.25, 0.3) is 83.9 Å². The fourth-order valence-electron chi connectivity index (χ4n) is 9.45. The minimum absolute atomic E-state index is 0.0703. The number of hydrogen-bond acceptors (Lipinski definition) is 3. The second-order valence-corrected chi connectivity index (χ2v) is 15.1. The molecule has 1 spiro atoms. The van der Waals surface area contributed by atoms with E-state index in [0.717, 1.165) is 27.9 Å². The average molecular weight is 707 g/mol. The fraction of sp³-hybridized carbons (Fsp3) is 0.118. The van der Waals surface area contributed by atoms with Gasteiger partial charge >= 0.3 is 0 Å². The summed E-state index contributed by atoms with van der Waals surface area (Å²) in [6.07, 6.45) is 6.25. The van der Waals surface area contributed by atoms with E-state index in [1.165, 1.54) is 81.7 Å². The Hall–Kier alpha value is -6.65. The second-order valence-electron chi connectivity index (χ2n) is 15.1. The summed E-state index contributed by atoms with van der Waals surface area (Å²) in [5.41, 5.74) is 14.6. The molecule has 1 fully saturated rings. The van der Waals surface area contributed by atoms with E-state index in [-0.39, 0.29) is 5.41 Å². The zero-order chi connectivity index (χ0) is 36.3. The van der Waals surface area contributed by atoms with Gasteiger partial charge in [0.05, 0.1) is 11.0 Å². The van der Waals surface area contributed by atoms with Gasteiger partial charge in [-0.2, -0.15) is 0 Å². The van der Waals surface area contributed by atoms with E-state index < -0.39 is 0 Å². The van der Waals surface area contributed by atoms with Crippen LogP contribution in [0.15, 0.2) is 170 Å². The molecule has 0 atom stereocenters. The van der Waals surface area contributed by atoms with E-state index in [1.807, 2.05) is 24.3 Å². The highest BCUT2D eigenvalue weighted by Crippen LogP contribution is 2.57. The summed E-state index contributed by atoms with van der Waals surface area (Å²) >= 11 is 0. The molecule has 2 heterocycles. The van der Waals surface area contributed by atoms with Crippen LogP contribution in [0, 0.1) is 0 Å². The van der Waals surface area contributed by atoms with Gasteiger partial charge in [0.2, 0.25) is 0 Å². The molecule has 55 heavy (non-hydrogen) atoms. The van der Waals surface area contributed by atoms with Gasteiger partial charge in [-0.05, 0) is 88.7 Å². The lowest BCUT2D eigenvalue weighted by Crippen LogP contribution is -2.27. The third-order valence-electron chi connectivity index (χ3n) is 12.1. The van der Waals surface area contributed by atoms with Crippen molar-refractivity contribution in [3.05, 3.63) is 181 Å². The number of nitrogens with zero attached hydrogens (tertiary/aromatic N) is 4. The maximum Gasteiger partial charge on any atom is 0.164 e. The third kappa shape index (κ3) is 5.16. The molecule has 2 aromatic heterocycles. The Kier molecular flexibility index (Phi) is 7.38. The Morgan fingerprint density at radius 1 is 0.382 bits per heavy atom. The van der Waals surface area contributed by atoms with Crippen molar-refractivity contribution < 1.29 is 0 Å². The lowest BCUT2D eigenvalue weighted by Gasteiger charge is -2.36. The summed E-state index contributed by atoms with van der Waals surface area (Å²) < 4.78 is 2.44. The van der Waals surface area contributed by atoms with Crippen molar-refractivity contribution in [3.8, 4) is 62.1 Å². The van der Waals surface area contributed by atoms with Crippen LogP contribution in [0.4, 0.5) is 0 Å². The number of hydrogen-bond donors (Lipinski definition) is 0. The van der Waals surface area contributed by atoms with E-state index in [0.29, 0.717) is 17.5 Å². The first kappa shape index (κ1) is 31.8. The van der Waals surface area contributed by atoms with Crippen molar-refractivity contribution in [2.24, 2.45) is 0 Å². The van der Waals surface area contributed by atoms with Crippen LogP contribution in [-0.4, -0.2) is 19.5 Å². The van der Waals surface area contributed by atoms with Crippen molar-refractivity contribution >= 4 is 21.8 Å². The molecule has 9 aromatic rings. The van der Waals surface area contributed by atoms with Gasteiger partial charge in [-0.1, -0.05) is 147 Å². The van der Waals surface area contributed by atoms with E-state index in [9.17, 15) is 0 Å². The van der Waals surface area contributed by atoms with Crippen LogP contribution in [0.1, 0.15) is 43.2 Å². The average Bonchev–Trinajstić information content (AvgIpc) is 3.72. The van der Waals surface area contributed by atoms with Gasteiger partial charge in [0, 0.05) is 38.6 Å². The van der Waals surface area contributed by atoms with Gasteiger partial charge in [-0.15, -0.1) is 0 Å². The third-order valence-corrected chi connectivity index (χ3v) is 12.1. The van der Waals surface area contributed by atoms with Crippen LogP contribution < -0.4 is 0 Å². The molecule has 2 aliphatic carbocycles. The molecule has 7 aromatic carbocycles. The van der Waals surface area contributed by atoms with Crippen LogP contribution >= 0.6 is 0 Å². The highest BCUT2D eigenvalue weighted by Gasteiger charge is 2.44. The van der Waals surface area contributed by atoms with E-state index in [1.54, 1.807) is 0 Å². The molecular formula is C51H38N4. The topological polar surface area (TPSA) is 43.6 Å². The maximum atomic E-state index is 5.18. The summed E-state index contributed by atoms with van der Waals surface area (Å²) in [5.74, 6) is 1.98. The van der Waals surface area contributed by atoms with Gasteiger partial charge in [0.15, 0.2) is 17.5 Å². The Morgan fingerprint density at radius 3 is 1.62 bits per heavy atom. The minimum Gasteiger partial charge on any atom is -0.309 e. The first-order chi connectivity index (χ1) is 27.2. The van der Waals surface area contributed by atoms with E-state index >= 15 is 0 Å². The van der Waals surface area contributed by atoms with Crippen molar-refractivity contribution in [3.63, 3.8) is 0 Å². The predicted molar refractivity (Wildman–Crippen MR) is 225 cm³/mol. The van der Waals surface area contributed by atoms with Crippen LogP contribution in [0.3, 0.4) is 0 Å². The van der Waals surface area contributed by atoms with Gasteiger partial charge in [0.1, 0.15) is 0 Å². The monoisotopic (exact) mass is 706 g/mol. The molecule has 0 amide bonds. The Balaban J connectivity index is 1.12. The van der Waals surface area contributed by atoms with Gasteiger partial charge < -0.3 is 4.57 Å². The van der Waals surface area contributed by atoms with Crippen molar-refractivity contribution in [2.45, 2.75) is 37.5 Å². The lowest BCUT2D eigenvalue weighted by atomic mass is 9.68. The molecular weight excluding hydrogens is 669 g/mol. The smallest absolute Gasteiger partial charge is 0.164 e. The molecule has 2 aliphatic rings. The van der Waals surface area contributed by atoms with Crippen molar-refractivity contribution in [2.75, 3.05) is 0 Å². The van der Waals surface area contributed by atoms with Crippen molar-refractivity contribution in [1.82, 2.24) is 19.5 Å². The number of benzene rings is 7. The number of rotatable bonds is 5. The number of para-hydroxylation sites is 1. The molecule has 4 heteroatoms. The molecule has 0 unspecified atom stereocenters. The predicted octanol–water partition coefficient (Wildman–Crippen LogP) is 12.9. The first-order valence-electron chi connectivity index (χ1n) is 19.5. The molecule has 0 bridgehead atoms. The SMILES string of the molecule is c1ccc(-c2ccc(-c3nc(-c4ccccc4)nc(-c4ccc5c(c4)c4cc6c(cc4n5-c4ccccc4)-c4ccccc4C64CCCCC4)n3)cc2)cc1. The maximum absolute atomic E-state index is 5.18. The number of aromatic nitrogens is 4. The van der Waals surface area contributed by atoms with Crippen molar-refractivity contribution in [1.29, 1.82) is 0 Å². The largest absolute Gasteiger partial charge is 0.309 e. The summed E-state index contributed by atoms with van der Waals surface area (Å²) in [5, 5.41) is 2.47. The van der Waals surface area contributed by atoms with Crippen LogP contribution in [0.2, 0.25) is 0 Å². The lowest BCUT2D eigenvalue weighted by molar-refractivity contribution is 0.353. The molecule has 4 nitrogen and oxygen atoms in total. The van der Waals surface area contributed by atoms with Gasteiger partial charge in [-0.25, -0.2) is 15.0 Å². The Morgan fingerprint density at radius 2 is 0.909 bits per heavy atom. The second kappa shape index (κ2) is 12.7. The van der Waals surface area contributed by atoms with E-state index in [2.05, 4.69) is 150 Å². The normalized spacial score (nSPS) is 14.3. The van der Waals surface area contributed by atoms with E-state index in [4.69, 9.17) is 15.0 Å². The molecule has 0 saturated heterocycles. The molecule has 11 rings (SSSR count). The zero-order valence-electron chi connectivity index (χ0n) is 30.5. The summed E-state index contributed by atoms with van der Waals surface area (Å²) in [7, 11) is 0. The fourth-order valence-corrected chi connectivity index (χ4v) is 9.45. The summed E-state index contributed by atoms with van der Waals surface area (Å²) in [6, 6.07) is 60.9. The molecule has 0 aliphatic heterocycles. The molecule has 262 valence electrons. The Labute approximate surface area is 320 Å². The van der Waals surface area contributed by atoms with Crippen LogP contribution in [0.5, 0.6) is 0 Å². The van der Waals surface area contributed by atoms with Gasteiger partial charge in [0.25, 0.3) is 0 Å². The standard InChI is InChI=1S/C51H38N4/c1-5-15-34(16-6-1)35-23-25-37(26-24-35)49-52-48(36-17-7-2-8-18-36)53-50(54-49)38-27-28-46-42(31-38)43-32-45-41(33-47(43)55(46)39-19-9-3-10-20-39)40-21-11-12-22-44(40)51(45)29-13-4-14-30-51/h1-3,5-12,15-28,31-33H,4,13-14,29-30H2. The van der Waals surface area contributed by atoms with Crippen LogP contribution in [-0.2, 0) is 5.41 Å². The van der Waals surface area contributed by atoms with Gasteiger partial charge in [-0.3, -0.25) is 0 Å². The minimum atomic E-state index is 0.0703. The quantitative estimate of drug-likeness (QED) is 0.179. The first-order valence-corrected chi connectivity index (χ1v) is 19.5.